The molecule has 0 saturated heterocycles. The molecule has 0 fully saturated rings. The summed E-state index contributed by atoms with van der Waals surface area (Å²) < 4.78 is 6.17. The van der Waals surface area contributed by atoms with E-state index in [4.69, 9.17) is 9.53 Å². The minimum absolute atomic E-state index is 0.0397. The van der Waals surface area contributed by atoms with Crippen LogP contribution in [0.5, 0.6) is 0 Å². The summed E-state index contributed by atoms with van der Waals surface area (Å²) in [4.78, 5) is 0. The van der Waals surface area contributed by atoms with E-state index < -0.39 is 14.4 Å². The summed E-state index contributed by atoms with van der Waals surface area (Å²) in [6.07, 6.45) is 1.79. The zero-order chi connectivity index (χ0) is 13.7. The van der Waals surface area contributed by atoms with Crippen LogP contribution in [0.3, 0.4) is 0 Å². The molecule has 0 aliphatic carbocycles. The molecule has 0 heterocycles. The van der Waals surface area contributed by atoms with E-state index in [-0.39, 0.29) is 11.1 Å². The van der Waals surface area contributed by atoms with E-state index in [1.54, 1.807) is 13.0 Å². The number of aliphatic hydroxyl groups excluding tert-OH is 1. The lowest BCUT2D eigenvalue weighted by molar-refractivity contribution is 0.229. The third-order valence-electron chi connectivity index (χ3n) is 3.13. The third kappa shape index (κ3) is 6.07. The molecule has 0 spiro atoms. The van der Waals surface area contributed by atoms with E-state index in [0.29, 0.717) is 6.42 Å². The highest BCUT2D eigenvalue weighted by molar-refractivity contribution is 6.74. The minimum atomic E-state index is -1.77. The van der Waals surface area contributed by atoms with Crippen LogP contribution in [0.25, 0.3) is 0 Å². The van der Waals surface area contributed by atoms with Crippen LogP contribution in [0, 0.1) is 11.8 Å². The second-order valence-corrected chi connectivity index (χ2v) is 10.6. The zero-order valence-electron chi connectivity index (χ0n) is 12.0. The summed E-state index contributed by atoms with van der Waals surface area (Å²) in [6, 6.07) is 0. The van der Waals surface area contributed by atoms with Crippen molar-refractivity contribution in [2.45, 2.75) is 64.5 Å². The highest BCUT2D eigenvalue weighted by Crippen LogP contribution is 2.37. The third-order valence-corrected chi connectivity index (χ3v) is 7.63. The highest BCUT2D eigenvalue weighted by Gasteiger charge is 2.38. The van der Waals surface area contributed by atoms with E-state index in [2.05, 4.69) is 52.3 Å². The molecule has 0 aromatic heterocycles. The normalized spacial score (nSPS) is 15.7. The van der Waals surface area contributed by atoms with E-state index in [9.17, 15) is 0 Å². The van der Waals surface area contributed by atoms with Crippen LogP contribution in [-0.4, -0.2) is 25.6 Å². The Morgan fingerprint density at radius 1 is 1.41 bits per heavy atom. The molecule has 98 valence electrons. The average molecular weight is 254 g/mol. The van der Waals surface area contributed by atoms with Crippen molar-refractivity contribution in [2.24, 2.45) is 0 Å². The quantitative estimate of drug-likeness (QED) is 0.474. The lowest BCUT2D eigenvalue weighted by Crippen LogP contribution is -2.43. The fourth-order valence-electron chi connectivity index (χ4n) is 1.04. The Bertz CT molecular complexity index is 302. The van der Waals surface area contributed by atoms with E-state index >= 15 is 0 Å². The van der Waals surface area contributed by atoms with Gasteiger partial charge in [0, 0.05) is 6.42 Å². The zero-order valence-corrected chi connectivity index (χ0v) is 13.0. The first-order valence-corrected chi connectivity index (χ1v) is 8.98. The van der Waals surface area contributed by atoms with Gasteiger partial charge in [0.2, 0.25) is 0 Å². The Balaban J connectivity index is 4.53. The van der Waals surface area contributed by atoms with Crippen molar-refractivity contribution < 1.29 is 9.53 Å². The van der Waals surface area contributed by atoms with Gasteiger partial charge < -0.3 is 9.53 Å². The second-order valence-electron chi connectivity index (χ2n) is 5.85. The standard InChI is InChI=1S/C14H26O2Si/c1-8-13(11-9-10-12(2)15)16-17(6,7)14(3,4)5/h8,12-13,15H,1,11H2,2-7H3/t12-,13?/m1/s1. The minimum Gasteiger partial charge on any atom is -0.410 e. The van der Waals surface area contributed by atoms with E-state index in [0.717, 1.165) is 0 Å². The first-order valence-electron chi connectivity index (χ1n) is 6.07. The van der Waals surface area contributed by atoms with Crippen molar-refractivity contribution in [3.8, 4) is 11.8 Å². The van der Waals surface area contributed by atoms with Gasteiger partial charge in [0.15, 0.2) is 8.32 Å². The highest BCUT2D eigenvalue weighted by atomic mass is 28.4. The van der Waals surface area contributed by atoms with Crippen molar-refractivity contribution in [3.05, 3.63) is 12.7 Å². The maximum atomic E-state index is 9.07. The molecule has 1 unspecified atom stereocenters. The Morgan fingerprint density at radius 3 is 2.29 bits per heavy atom. The van der Waals surface area contributed by atoms with Crippen molar-refractivity contribution in [2.75, 3.05) is 0 Å². The van der Waals surface area contributed by atoms with Crippen LogP contribution in [0.15, 0.2) is 12.7 Å². The first kappa shape index (κ1) is 16.4. The number of rotatable bonds is 4. The van der Waals surface area contributed by atoms with Crippen LogP contribution in [0.4, 0.5) is 0 Å². The first-order chi connectivity index (χ1) is 7.60. The van der Waals surface area contributed by atoms with Crippen LogP contribution in [0.1, 0.15) is 34.1 Å². The van der Waals surface area contributed by atoms with Crippen molar-refractivity contribution in [3.63, 3.8) is 0 Å². The fourth-order valence-corrected chi connectivity index (χ4v) is 2.33. The molecule has 2 atom stereocenters. The average Bonchev–Trinajstić information content (AvgIpc) is 2.13. The SMILES string of the molecule is C=CC(CC#C[C@@H](C)O)O[Si](C)(C)C(C)(C)C. The van der Waals surface area contributed by atoms with Gasteiger partial charge in [-0.1, -0.05) is 38.7 Å². The largest absolute Gasteiger partial charge is 0.410 e. The predicted octanol–water partition coefficient (Wildman–Crippen LogP) is 3.34. The van der Waals surface area contributed by atoms with Crippen molar-refractivity contribution in [1.82, 2.24) is 0 Å². The molecular weight excluding hydrogens is 228 g/mol. The van der Waals surface area contributed by atoms with Gasteiger partial charge in [0.1, 0.15) is 6.10 Å². The molecule has 0 radical (unpaired) electrons. The Kier molecular flexibility index (Phi) is 6.18. The molecule has 0 amide bonds. The maximum Gasteiger partial charge on any atom is 0.192 e. The molecule has 2 nitrogen and oxygen atoms in total. The van der Waals surface area contributed by atoms with Gasteiger partial charge >= 0.3 is 0 Å². The lowest BCUT2D eigenvalue weighted by atomic mass is 10.2. The van der Waals surface area contributed by atoms with Crippen LogP contribution in [0.2, 0.25) is 18.1 Å². The number of aliphatic hydroxyl groups is 1. The smallest absolute Gasteiger partial charge is 0.192 e. The van der Waals surface area contributed by atoms with Gasteiger partial charge in [0.05, 0.1) is 6.10 Å². The summed E-state index contributed by atoms with van der Waals surface area (Å²) in [5.41, 5.74) is 0. The molecule has 0 saturated carbocycles. The fraction of sp³-hybridized carbons (Fsp3) is 0.714. The molecule has 17 heavy (non-hydrogen) atoms. The van der Waals surface area contributed by atoms with E-state index in [1.165, 1.54) is 0 Å². The predicted molar refractivity (Wildman–Crippen MR) is 76.3 cm³/mol. The van der Waals surface area contributed by atoms with E-state index in [1.807, 2.05) is 0 Å². The molecule has 0 aromatic rings. The van der Waals surface area contributed by atoms with Gasteiger partial charge in [-0.3, -0.25) is 0 Å². The monoisotopic (exact) mass is 254 g/mol. The van der Waals surface area contributed by atoms with Gasteiger partial charge in [-0.25, -0.2) is 0 Å². The van der Waals surface area contributed by atoms with Crippen LogP contribution < -0.4 is 0 Å². The molecule has 0 aliphatic rings. The number of hydrogen-bond donors (Lipinski definition) is 1. The van der Waals surface area contributed by atoms with Gasteiger partial charge in [0.25, 0.3) is 0 Å². The van der Waals surface area contributed by atoms with Crippen molar-refractivity contribution in [1.29, 1.82) is 0 Å². The van der Waals surface area contributed by atoms with Crippen LogP contribution in [-0.2, 0) is 4.43 Å². The molecule has 0 rings (SSSR count). The molecule has 1 N–H and O–H groups in total. The number of hydrogen-bond acceptors (Lipinski definition) is 2. The lowest BCUT2D eigenvalue weighted by Gasteiger charge is -2.38. The molecule has 0 aromatic carbocycles. The summed E-state index contributed by atoms with van der Waals surface area (Å²) in [5, 5.41) is 9.25. The van der Waals surface area contributed by atoms with Crippen molar-refractivity contribution >= 4 is 8.32 Å². The summed E-state index contributed by atoms with van der Waals surface area (Å²) in [5.74, 6) is 5.66. The van der Waals surface area contributed by atoms with Gasteiger partial charge in [-0.05, 0) is 25.1 Å². The Labute approximate surface area is 107 Å². The topological polar surface area (TPSA) is 29.5 Å². The Hall–Kier alpha value is -0.563. The summed E-state index contributed by atoms with van der Waals surface area (Å²) in [6.45, 7) is 16.5. The second kappa shape index (κ2) is 6.39. The molecule has 3 heteroatoms. The summed E-state index contributed by atoms with van der Waals surface area (Å²) in [7, 11) is -1.77. The molecular formula is C14H26O2Si. The summed E-state index contributed by atoms with van der Waals surface area (Å²) >= 11 is 0. The van der Waals surface area contributed by atoms with Crippen LogP contribution >= 0.6 is 0 Å². The Morgan fingerprint density at radius 2 is 1.94 bits per heavy atom. The molecule has 0 bridgehead atoms. The van der Waals surface area contributed by atoms with Gasteiger partial charge in [-0.15, -0.1) is 6.58 Å². The molecule has 0 aliphatic heterocycles. The van der Waals surface area contributed by atoms with Gasteiger partial charge in [-0.2, -0.15) is 0 Å². The maximum absolute atomic E-state index is 9.07.